The lowest BCUT2D eigenvalue weighted by Gasteiger charge is -2.27. The molecule has 31 heavy (non-hydrogen) atoms. The Kier molecular flexibility index (Phi) is 6.96. The maximum absolute atomic E-state index is 12.5. The van der Waals surface area contributed by atoms with Gasteiger partial charge in [0.1, 0.15) is 6.54 Å². The van der Waals surface area contributed by atoms with Gasteiger partial charge in [-0.05, 0) is 22.3 Å². The standard InChI is InChI=1S/C24H29N3O4/c1-30-13-12-27-23(28)18-26(24(27)29)16-19-6-8-20(9-7-19)22-5-3-2-4-21(22)17-25-10-14-31-15-11-25/h2-9H,10-18H2,1H3. The van der Waals surface area contributed by atoms with Crippen LogP contribution >= 0.6 is 0 Å². The Hall–Kier alpha value is -2.74. The van der Waals surface area contributed by atoms with Crippen LogP contribution in [0.25, 0.3) is 11.1 Å². The largest absolute Gasteiger partial charge is 0.383 e. The lowest BCUT2D eigenvalue weighted by atomic mass is 9.98. The van der Waals surface area contributed by atoms with E-state index in [0.717, 1.165) is 44.0 Å². The van der Waals surface area contributed by atoms with E-state index in [2.05, 4.69) is 41.3 Å². The van der Waals surface area contributed by atoms with Crippen molar-refractivity contribution in [2.24, 2.45) is 0 Å². The van der Waals surface area contributed by atoms with Crippen molar-refractivity contribution < 1.29 is 19.1 Å². The van der Waals surface area contributed by atoms with Gasteiger partial charge in [-0.3, -0.25) is 14.6 Å². The minimum absolute atomic E-state index is 0.118. The van der Waals surface area contributed by atoms with E-state index in [1.165, 1.54) is 16.0 Å². The number of rotatable bonds is 8. The van der Waals surface area contributed by atoms with E-state index in [4.69, 9.17) is 9.47 Å². The van der Waals surface area contributed by atoms with Crippen LogP contribution in [0.15, 0.2) is 48.5 Å². The van der Waals surface area contributed by atoms with Gasteiger partial charge in [-0.25, -0.2) is 4.79 Å². The van der Waals surface area contributed by atoms with E-state index in [1.807, 2.05) is 12.1 Å². The number of carbonyl (C=O) groups excluding carboxylic acids is 2. The topological polar surface area (TPSA) is 62.3 Å². The molecule has 0 atom stereocenters. The first kappa shape index (κ1) is 21.5. The molecule has 0 radical (unpaired) electrons. The van der Waals surface area contributed by atoms with Gasteiger partial charge in [-0.1, -0.05) is 48.5 Å². The Morgan fingerprint density at radius 1 is 0.968 bits per heavy atom. The van der Waals surface area contributed by atoms with E-state index >= 15 is 0 Å². The number of morpholine rings is 1. The zero-order chi connectivity index (χ0) is 21.6. The van der Waals surface area contributed by atoms with E-state index < -0.39 is 0 Å². The normalized spacial score (nSPS) is 17.6. The molecule has 4 rings (SSSR count). The molecule has 0 saturated carbocycles. The second-order valence-electron chi connectivity index (χ2n) is 7.92. The number of imide groups is 1. The first-order chi connectivity index (χ1) is 15.2. The van der Waals surface area contributed by atoms with Gasteiger partial charge in [0, 0.05) is 33.3 Å². The van der Waals surface area contributed by atoms with Gasteiger partial charge < -0.3 is 14.4 Å². The number of nitrogens with zero attached hydrogens (tertiary/aromatic N) is 3. The molecule has 164 valence electrons. The molecule has 7 heteroatoms. The SMILES string of the molecule is COCCN1C(=O)CN(Cc2ccc(-c3ccccc3CN3CCOCC3)cc2)C1=O. The first-order valence-electron chi connectivity index (χ1n) is 10.7. The maximum Gasteiger partial charge on any atom is 0.327 e. The molecule has 2 heterocycles. The Balaban J connectivity index is 1.43. The number of hydrogen-bond donors (Lipinski definition) is 0. The zero-order valence-corrected chi connectivity index (χ0v) is 18.0. The minimum atomic E-state index is -0.248. The third-order valence-electron chi connectivity index (χ3n) is 5.80. The quantitative estimate of drug-likeness (QED) is 0.611. The fourth-order valence-corrected chi connectivity index (χ4v) is 4.07. The third-order valence-corrected chi connectivity index (χ3v) is 5.80. The van der Waals surface area contributed by atoms with Gasteiger partial charge in [-0.2, -0.15) is 0 Å². The van der Waals surface area contributed by atoms with E-state index in [0.29, 0.717) is 19.7 Å². The Morgan fingerprint density at radius 2 is 1.71 bits per heavy atom. The van der Waals surface area contributed by atoms with Crippen LogP contribution in [0.4, 0.5) is 4.79 Å². The number of ether oxygens (including phenoxy) is 2. The summed E-state index contributed by atoms with van der Waals surface area (Å²) in [6.07, 6.45) is 0. The van der Waals surface area contributed by atoms with Crippen molar-refractivity contribution in [3.8, 4) is 11.1 Å². The summed E-state index contributed by atoms with van der Waals surface area (Å²) in [5, 5.41) is 0. The zero-order valence-electron chi connectivity index (χ0n) is 18.0. The molecule has 3 amide bonds. The van der Waals surface area contributed by atoms with Crippen LogP contribution in [0.2, 0.25) is 0 Å². The highest BCUT2D eigenvalue weighted by Gasteiger charge is 2.35. The van der Waals surface area contributed by atoms with Crippen molar-refractivity contribution in [2.75, 3.05) is 53.1 Å². The second kappa shape index (κ2) is 10.0. The Morgan fingerprint density at radius 3 is 2.45 bits per heavy atom. The summed E-state index contributed by atoms with van der Waals surface area (Å²) < 4.78 is 10.5. The third kappa shape index (κ3) is 5.12. The van der Waals surface area contributed by atoms with E-state index in [1.54, 1.807) is 12.0 Å². The summed E-state index contributed by atoms with van der Waals surface area (Å²) in [7, 11) is 1.56. The van der Waals surface area contributed by atoms with Crippen molar-refractivity contribution in [2.45, 2.75) is 13.1 Å². The molecule has 2 fully saturated rings. The van der Waals surface area contributed by atoms with Crippen LogP contribution in [-0.2, 0) is 27.4 Å². The van der Waals surface area contributed by atoms with Gasteiger partial charge in [0.2, 0.25) is 5.91 Å². The molecule has 0 aromatic heterocycles. The summed E-state index contributed by atoms with van der Waals surface area (Å²) in [5.74, 6) is -0.171. The molecule has 0 N–H and O–H groups in total. The summed E-state index contributed by atoms with van der Waals surface area (Å²) >= 11 is 0. The van der Waals surface area contributed by atoms with E-state index in [-0.39, 0.29) is 18.5 Å². The predicted molar refractivity (Wildman–Crippen MR) is 117 cm³/mol. The summed E-state index contributed by atoms with van der Waals surface area (Å²) in [5.41, 5.74) is 4.67. The van der Waals surface area contributed by atoms with Crippen LogP contribution in [0.1, 0.15) is 11.1 Å². The maximum atomic E-state index is 12.5. The van der Waals surface area contributed by atoms with Gasteiger partial charge in [0.05, 0.1) is 26.4 Å². The molecule has 0 bridgehead atoms. The molecule has 2 saturated heterocycles. The average molecular weight is 424 g/mol. The van der Waals surface area contributed by atoms with Crippen molar-refractivity contribution in [3.05, 3.63) is 59.7 Å². The monoisotopic (exact) mass is 423 g/mol. The van der Waals surface area contributed by atoms with Gasteiger partial charge in [0.25, 0.3) is 0 Å². The number of methoxy groups -OCH3 is 1. The van der Waals surface area contributed by atoms with Crippen LogP contribution in [0.5, 0.6) is 0 Å². The van der Waals surface area contributed by atoms with E-state index in [9.17, 15) is 9.59 Å². The highest BCUT2D eigenvalue weighted by atomic mass is 16.5. The molecular weight excluding hydrogens is 394 g/mol. The summed E-state index contributed by atoms with van der Waals surface area (Å²) in [4.78, 5) is 29.9. The van der Waals surface area contributed by atoms with Crippen molar-refractivity contribution >= 4 is 11.9 Å². The lowest BCUT2D eigenvalue weighted by molar-refractivity contribution is -0.125. The molecule has 2 aliphatic rings. The highest BCUT2D eigenvalue weighted by molar-refractivity contribution is 6.01. The fraction of sp³-hybridized carbons (Fsp3) is 0.417. The summed E-state index contributed by atoms with van der Waals surface area (Å²) in [6.45, 7) is 5.58. The Labute approximate surface area is 183 Å². The number of amides is 3. The fourth-order valence-electron chi connectivity index (χ4n) is 4.07. The highest BCUT2D eigenvalue weighted by Crippen LogP contribution is 2.26. The molecular formula is C24H29N3O4. The average Bonchev–Trinajstić information content (AvgIpc) is 3.06. The first-order valence-corrected chi connectivity index (χ1v) is 10.7. The molecule has 7 nitrogen and oxygen atoms in total. The smallest absolute Gasteiger partial charge is 0.327 e. The number of carbonyl (C=O) groups is 2. The molecule has 0 spiro atoms. The molecule has 0 unspecified atom stereocenters. The molecule has 2 aromatic rings. The van der Waals surface area contributed by atoms with Crippen LogP contribution in [0, 0.1) is 0 Å². The minimum Gasteiger partial charge on any atom is -0.383 e. The van der Waals surface area contributed by atoms with Crippen LogP contribution in [0.3, 0.4) is 0 Å². The number of urea groups is 1. The van der Waals surface area contributed by atoms with Gasteiger partial charge >= 0.3 is 6.03 Å². The van der Waals surface area contributed by atoms with Crippen molar-refractivity contribution in [3.63, 3.8) is 0 Å². The van der Waals surface area contributed by atoms with Gasteiger partial charge in [-0.15, -0.1) is 0 Å². The van der Waals surface area contributed by atoms with Gasteiger partial charge in [0.15, 0.2) is 0 Å². The van der Waals surface area contributed by atoms with Crippen molar-refractivity contribution in [1.29, 1.82) is 0 Å². The Bertz CT molecular complexity index is 909. The van der Waals surface area contributed by atoms with Crippen LogP contribution < -0.4 is 0 Å². The predicted octanol–water partition coefficient (Wildman–Crippen LogP) is 2.60. The van der Waals surface area contributed by atoms with Crippen LogP contribution in [-0.4, -0.2) is 79.7 Å². The molecule has 2 aliphatic heterocycles. The lowest BCUT2D eigenvalue weighted by Crippen LogP contribution is -2.35. The summed E-state index contributed by atoms with van der Waals surface area (Å²) in [6, 6.07) is 16.5. The van der Waals surface area contributed by atoms with Crippen molar-refractivity contribution in [1.82, 2.24) is 14.7 Å². The molecule has 2 aromatic carbocycles. The number of benzene rings is 2. The number of hydrogen-bond acceptors (Lipinski definition) is 5. The molecule has 0 aliphatic carbocycles. The second-order valence-corrected chi connectivity index (χ2v) is 7.92.